The van der Waals surface area contributed by atoms with Crippen LogP contribution in [0.1, 0.15) is 114 Å². The Morgan fingerprint density at radius 3 is 1.56 bits per heavy atom. The first-order valence-corrected chi connectivity index (χ1v) is 23.8. The van der Waals surface area contributed by atoms with Crippen LogP contribution in [0.4, 0.5) is 38.2 Å². The number of halogens is 1. The number of alkyl carbamates (subject to hydrolysis) is 2. The van der Waals surface area contributed by atoms with Gasteiger partial charge in [0.1, 0.15) is 22.2 Å². The zero-order valence-electron chi connectivity index (χ0n) is 41.4. The van der Waals surface area contributed by atoms with E-state index in [9.17, 15) is 19.2 Å². The number of para-hydroxylation sites is 2. The molecule has 2 aromatic carbocycles. The van der Waals surface area contributed by atoms with Crippen LogP contribution in [0.5, 0.6) is 0 Å². The molecule has 0 saturated heterocycles. The Labute approximate surface area is 416 Å². The molecular weight excluding hydrogens is 932 g/mol. The second-order valence-corrected chi connectivity index (χ2v) is 19.8. The SMILES string of the molecule is CC(C)(C)OC(=O)N[C@H]1CCCC[C@H]1N.Cn1cnc2c(Nc3cc(Cl)nnc3C(N)=O)cccc21.Cn1cnc2c(Nc3cc(N[C@@H]4CCCC[C@@H]4NC(=O)OC(C)(C)C)nnc3C(N)=O)cccc21. The van der Waals surface area contributed by atoms with Crippen molar-refractivity contribution in [1.82, 2.24) is 50.1 Å². The highest BCUT2D eigenvalue weighted by Gasteiger charge is 2.30. The Hall–Kier alpha value is -7.33. The monoisotopic (exact) mass is 996 g/mol. The van der Waals surface area contributed by atoms with E-state index in [1.54, 1.807) is 18.7 Å². The van der Waals surface area contributed by atoms with Gasteiger partial charge in [-0.05, 0) is 91.5 Å². The van der Waals surface area contributed by atoms with Crippen LogP contribution in [0.25, 0.3) is 22.1 Å². The van der Waals surface area contributed by atoms with Gasteiger partial charge in [-0.3, -0.25) is 9.59 Å². The minimum absolute atomic E-state index is 0.0207. The summed E-state index contributed by atoms with van der Waals surface area (Å²) < 4.78 is 14.4. The summed E-state index contributed by atoms with van der Waals surface area (Å²) in [5, 5.41) is 31.3. The number of fused-ring (bicyclic) bond motifs is 2. The van der Waals surface area contributed by atoms with Gasteiger partial charge in [0.2, 0.25) is 0 Å². The van der Waals surface area contributed by atoms with E-state index in [-0.39, 0.29) is 46.8 Å². The number of aryl methyl sites for hydroxylation is 2. The van der Waals surface area contributed by atoms with Crippen molar-refractivity contribution in [2.24, 2.45) is 31.3 Å². The predicted molar refractivity (Wildman–Crippen MR) is 273 cm³/mol. The maximum Gasteiger partial charge on any atom is 0.407 e. The number of carbonyl (C=O) groups is 4. The number of nitrogens with one attached hydrogen (secondary N) is 5. The number of benzene rings is 2. The molecule has 11 N–H and O–H groups in total. The summed E-state index contributed by atoms with van der Waals surface area (Å²) in [6, 6.07) is 14.5. The Balaban J connectivity index is 0.000000194. The third-order valence-corrected chi connectivity index (χ3v) is 11.6. The molecule has 2 aliphatic rings. The lowest BCUT2D eigenvalue weighted by Crippen LogP contribution is -2.50. The fraction of sp³-hybridized carbons (Fsp3) is 0.458. The zero-order valence-corrected chi connectivity index (χ0v) is 42.1. The fourth-order valence-electron chi connectivity index (χ4n) is 8.12. The van der Waals surface area contributed by atoms with Gasteiger partial charge in [-0.2, -0.15) is 0 Å². The molecule has 71 heavy (non-hydrogen) atoms. The maximum absolute atomic E-state index is 12.4. The average Bonchev–Trinajstić information content (AvgIpc) is 3.87. The van der Waals surface area contributed by atoms with Gasteiger partial charge in [0.05, 0.1) is 52.5 Å². The highest BCUT2D eigenvalue weighted by molar-refractivity contribution is 6.29. The molecule has 380 valence electrons. The van der Waals surface area contributed by atoms with Crippen molar-refractivity contribution in [2.75, 3.05) is 16.0 Å². The van der Waals surface area contributed by atoms with Gasteiger partial charge in [-0.25, -0.2) is 19.6 Å². The van der Waals surface area contributed by atoms with Crippen molar-refractivity contribution in [1.29, 1.82) is 0 Å². The lowest BCUT2D eigenvalue weighted by atomic mass is 9.90. The van der Waals surface area contributed by atoms with Crippen molar-refractivity contribution in [2.45, 2.75) is 128 Å². The fourth-order valence-corrected chi connectivity index (χ4v) is 8.26. The molecule has 23 heteroatoms. The number of anilines is 5. The number of nitrogens with two attached hydrogens (primary N) is 3. The highest BCUT2D eigenvalue weighted by atomic mass is 35.5. The van der Waals surface area contributed by atoms with Crippen LogP contribution in [0.3, 0.4) is 0 Å². The molecule has 2 saturated carbocycles. The molecule has 6 aromatic rings. The number of amides is 4. The standard InChI is InChI=1S/C24H32N8O3.C13H11ClN6O.C11H22N2O2/c1-24(2,3)35-23(34)29-15-9-6-5-8-14(15)28-19-12-17(21(22(25)33)31-30-19)27-16-10-7-11-18-20(16)26-13-32(18)4;1-20-6-16-11-7(3-2-4-9(11)20)17-8-5-10(14)18-19-12(8)13(15)21;1-11(2,3)15-10(14)13-9-7-5-4-6-8(9)12/h7,10-15H,5-6,8-9H2,1-4H3,(H2,25,33)(H,29,34)(H2,27,28,30);2-6H,1H3,(H2,15,21)(H,17,18);8-9H,4-7,12H2,1-3H3,(H,13,14)/t14-,15+;;8-,9+/m1.1/s1. The third-order valence-electron chi connectivity index (χ3n) is 11.4. The summed E-state index contributed by atoms with van der Waals surface area (Å²) in [4.78, 5) is 56.1. The van der Waals surface area contributed by atoms with Crippen LogP contribution >= 0.6 is 11.6 Å². The minimum Gasteiger partial charge on any atom is -0.444 e. The number of primary amides is 2. The number of hydrogen-bond donors (Lipinski definition) is 8. The smallest absolute Gasteiger partial charge is 0.407 e. The molecule has 4 aromatic heterocycles. The number of carbonyl (C=O) groups excluding carboxylic acids is 4. The van der Waals surface area contributed by atoms with E-state index in [2.05, 4.69) is 56.9 Å². The molecule has 4 amide bonds. The zero-order chi connectivity index (χ0) is 51.6. The van der Waals surface area contributed by atoms with Gasteiger partial charge in [0, 0.05) is 44.4 Å². The molecule has 0 bridgehead atoms. The van der Waals surface area contributed by atoms with Crippen LogP contribution in [-0.2, 0) is 23.6 Å². The number of ether oxygens (including phenoxy) is 2. The average molecular weight is 998 g/mol. The van der Waals surface area contributed by atoms with E-state index in [4.69, 9.17) is 38.3 Å². The van der Waals surface area contributed by atoms with E-state index < -0.39 is 29.1 Å². The first-order chi connectivity index (χ1) is 33.5. The Morgan fingerprint density at radius 2 is 1.07 bits per heavy atom. The van der Waals surface area contributed by atoms with Crippen LogP contribution in [-0.4, -0.2) is 98.9 Å². The maximum atomic E-state index is 12.4. The highest BCUT2D eigenvalue weighted by Crippen LogP contribution is 2.30. The molecule has 0 spiro atoms. The molecule has 8 rings (SSSR count). The van der Waals surface area contributed by atoms with Crippen LogP contribution in [0, 0.1) is 0 Å². The van der Waals surface area contributed by atoms with E-state index in [0.29, 0.717) is 22.9 Å². The predicted octanol–water partition coefficient (Wildman–Crippen LogP) is 7.09. The van der Waals surface area contributed by atoms with Gasteiger partial charge >= 0.3 is 12.2 Å². The largest absolute Gasteiger partial charge is 0.444 e. The van der Waals surface area contributed by atoms with E-state index in [0.717, 1.165) is 79.1 Å². The Kier molecular flexibility index (Phi) is 17.2. The van der Waals surface area contributed by atoms with Crippen molar-refractivity contribution in [3.05, 3.63) is 77.7 Å². The number of rotatable bonds is 10. The van der Waals surface area contributed by atoms with Crippen LogP contribution in [0.2, 0.25) is 5.15 Å². The van der Waals surface area contributed by atoms with Gasteiger partial charge in [-0.15, -0.1) is 20.4 Å². The summed E-state index contributed by atoms with van der Waals surface area (Å²) in [6.45, 7) is 11.1. The molecule has 4 atom stereocenters. The normalized spacial score (nSPS) is 17.9. The molecule has 2 fully saturated rings. The van der Waals surface area contributed by atoms with Gasteiger partial charge in [0.15, 0.2) is 22.4 Å². The first kappa shape index (κ1) is 53.0. The molecule has 2 aliphatic carbocycles. The van der Waals surface area contributed by atoms with Gasteiger partial charge in [0.25, 0.3) is 11.8 Å². The number of hydrogen-bond acceptors (Lipinski definition) is 16. The molecular formula is C48H65ClN16O6. The van der Waals surface area contributed by atoms with Crippen LogP contribution in [0.15, 0.2) is 61.2 Å². The van der Waals surface area contributed by atoms with Gasteiger partial charge < -0.3 is 62.4 Å². The molecule has 0 radical (unpaired) electrons. The number of imidazole rings is 2. The molecule has 22 nitrogen and oxygen atoms in total. The van der Waals surface area contributed by atoms with Gasteiger partial charge in [-0.1, -0.05) is 49.4 Å². The Morgan fingerprint density at radius 1 is 0.620 bits per heavy atom. The summed E-state index contributed by atoms with van der Waals surface area (Å²) in [6.07, 6.45) is 10.6. The summed E-state index contributed by atoms with van der Waals surface area (Å²) in [5.41, 5.74) is 21.5. The topological polar surface area (TPSA) is 312 Å². The van der Waals surface area contributed by atoms with Crippen molar-refractivity contribution >= 4 is 86.2 Å². The lowest BCUT2D eigenvalue weighted by Gasteiger charge is -2.33. The first-order valence-electron chi connectivity index (χ1n) is 23.4. The summed E-state index contributed by atoms with van der Waals surface area (Å²) in [5.74, 6) is -0.912. The van der Waals surface area contributed by atoms with Crippen LogP contribution < -0.4 is 43.8 Å². The van der Waals surface area contributed by atoms with Crippen molar-refractivity contribution in [3.8, 4) is 0 Å². The van der Waals surface area contributed by atoms with Crippen molar-refractivity contribution in [3.63, 3.8) is 0 Å². The number of aromatic nitrogens is 8. The quantitative estimate of drug-likeness (QED) is 0.0679. The minimum atomic E-state index is -0.693. The summed E-state index contributed by atoms with van der Waals surface area (Å²) in [7, 11) is 3.81. The molecule has 0 aliphatic heterocycles. The van der Waals surface area contributed by atoms with E-state index in [1.807, 2.05) is 101 Å². The second kappa shape index (κ2) is 23.1. The molecule has 0 unspecified atom stereocenters. The van der Waals surface area contributed by atoms with E-state index in [1.165, 1.54) is 6.07 Å². The lowest BCUT2D eigenvalue weighted by molar-refractivity contribution is 0.0475. The molecule has 4 heterocycles. The third kappa shape index (κ3) is 14.8. The van der Waals surface area contributed by atoms with Crippen molar-refractivity contribution < 1.29 is 28.7 Å². The Bertz CT molecular complexity index is 2840. The number of nitrogens with zero attached hydrogens (tertiary/aromatic N) is 8. The van der Waals surface area contributed by atoms with E-state index >= 15 is 0 Å². The second-order valence-electron chi connectivity index (χ2n) is 19.4. The summed E-state index contributed by atoms with van der Waals surface area (Å²) >= 11 is 5.82.